The molecular weight excluding hydrogens is 363 g/mol. The summed E-state index contributed by atoms with van der Waals surface area (Å²) < 4.78 is 13.7. The lowest BCUT2D eigenvalue weighted by molar-refractivity contribution is -0.126. The molecule has 3 rings (SSSR count). The van der Waals surface area contributed by atoms with Crippen LogP contribution in [0.3, 0.4) is 0 Å². The number of hydrogen-bond acceptors (Lipinski definition) is 3. The highest BCUT2D eigenvalue weighted by atomic mass is 35.5. The topological polar surface area (TPSA) is 58.2 Å². The van der Waals surface area contributed by atoms with E-state index >= 15 is 0 Å². The van der Waals surface area contributed by atoms with E-state index < -0.39 is 11.3 Å². The van der Waals surface area contributed by atoms with Crippen LogP contribution in [0, 0.1) is 5.82 Å². The predicted octanol–water partition coefficient (Wildman–Crippen LogP) is 3.26. The standard InChI is InChI=1S/C18H16ClFN2O2S/c19-12-5-3-6-13(9-12)21-17(23)15-10-25-16(18(24)22-15)8-11-4-1-2-7-14(11)20/h1-7,9,15-16H,8,10H2,(H,21,23)(H,22,24)/t15-,16+/m0/s1. The number of halogens is 2. The first-order chi connectivity index (χ1) is 12.0. The van der Waals surface area contributed by atoms with Gasteiger partial charge in [0.25, 0.3) is 0 Å². The van der Waals surface area contributed by atoms with E-state index in [0.29, 0.717) is 28.4 Å². The van der Waals surface area contributed by atoms with E-state index in [9.17, 15) is 14.0 Å². The van der Waals surface area contributed by atoms with Gasteiger partial charge in [0.2, 0.25) is 11.8 Å². The second kappa shape index (κ2) is 7.89. The van der Waals surface area contributed by atoms with Gasteiger partial charge in [0.15, 0.2) is 0 Å². The summed E-state index contributed by atoms with van der Waals surface area (Å²) in [5.41, 5.74) is 1.07. The zero-order valence-electron chi connectivity index (χ0n) is 13.2. The van der Waals surface area contributed by atoms with Gasteiger partial charge >= 0.3 is 0 Å². The second-order valence-corrected chi connectivity index (χ2v) is 7.35. The van der Waals surface area contributed by atoms with Gasteiger partial charge in [0.1, 0.15) is 11.9 Å². The minimum atomic E-state index is -0.631. The largest absolute Gasteiger partial charge is 0.343 e. The molecule has 2 aromatic rings. The Labute approximate surface area is 154 Å². The zero-order chi connectivity index (χ0) is 17.8. The third-order valence-electron chi connectivity index (χ3n) is 3.84. The molecule has 0 saturated carbocycles. The van der Waals surface area contributed by atoms with E-state index in [1.807, 2.05) is 0 Å². The van der Waals surface area contributed by atoms with Gasteiger partial charge in [0, 0.05) is 16.5 Å². The van der Waals surface area contributed by atoms with Crippen LogP contribution >= 0.6 is 23.4 Å². The smallest absolute Gasteiger partial charge is 0.247 e. The van der Waals surface area contributed by atoms with E-state index in [4.69, 9.17) is 11.6 Å². The van der Waals surface area contributed by atoms with E-state index in [-0.39, 0.29) is 17.6 Å². The summed E-state index contributed by atoms with van der Waals surface area (Å²) in [6.07, 6.45) is 0.297. The van der Waals surface area contributed by atoms with E-state index in [1.165, 1.54) is 17.8 Å². The van der Waals surface area contributed by atoms with Crippen LogP contribution in [0.2, 0.25) is 5.02 Å². The Balaban J connectivity index is 1.59. The number of hydrogen-bond donors (Lipinski definition) is 2. The average molecular weight is 379 g/mol. The molecule has 1 saturated heterocycles. The van der Waals surface area contributed by atoms with Crippen molar-refractivity contribution in [2.24, 2.45) is 0 Å². The van der Waals surface area contributed by atoms with Crippen molar-refractivity contribution < 1.29 is 14.0 Å². The lowest BCUT2D eigenvalue weighted by Gasteiger charge is -2.28. The maximum Gasteiger partial charge on any atom is 0.247 e. The lowest BCUT2D eigenvalue weighted by Crippen LogP contribution is -2.52. The summed E-state index contributed by atoms with van der Waals surface area (Å²) >= 11 is 7.25. The van der Waals surface area contributed by atoms with Gasteiger partial charge in [-0.3, -0.25) is 9.59 Å². The Kier molecular flexibility index (Phi) is 5.60. The van der Waals surface area contributed by atoms with E-state index in [1.54, 1.807) is 42.5 Å². The summed E-state index contributed by atoms with van der Waals surface area (Å²) in [6, 6.07) is 12.6. The van der Waals surface area contributed by atoms with E-state index in [0.717, 1.165) is 0 Å². The minimum absolute atomic E-state index is 0.259. The highest BCUT2D eigenvalue weighted by Gasteiger charge is 2.32. The number of carbonyl (C=O) groups excluding carboxylic acids is 2. The number of anilines is 1. The molecule has 0 aromatic heterocycles. The molecule has 2 N–H and O–H groups in total. The van der Waals surface area contributed by atoms with Crippen molar-refractivity contribution >= 4 is 40.9 Å². The third-order valence-corrected chi connectivity index (χ3v) is 5.39. The summed E-state index contributed by atoms with van der Waals surface area (Å²) in [6.45, 7) is 0. The molecule has 0 aliphatic carbocycles. The highest BCUT2D eigenvalue weighted by Crippen LogP contribution is 2.24. The van der Waals surface area contributed by atoms with Gasteiger partial charge in [-0.05, 0) is 36.2 Å². The molecule has 7 heteroatoms. The molecule has 25 heavy (non-hydrogen) atoms. The van der Waals surface area contributed by atoms with Crippen LogP contribution in [0.1, 0.15) is 5.56 Å². The Hall–Kier alpha value is -2.05. The Morgan fingerprint density at radius 2 is 2.08 bits per heavy atom. The fourth-order valence-corrected chi connectivity index (χ4v) is 3.91. The molecule has 0 bridgehead atoms. The monoisotopic (exact) mass is 378 g/mol. The summed E-state index contributed by atoms with van der Waals surface area (Å²) in [4.78, 5) is 24.6. The first kappa shape index (κ1) is 17.8. The second-order valence-electron chi connectivity index (χ2n) is 5.68. The molecule has 4 nitrogen and oxygen atoms in total. The van der Waals surface area contributed by atoms with Gasteiger partial charge in [-0.25, -0.2) is 4.39 Å². The van der Waals surface area contributed by atoms with Crippen LogP contribution in [-0.4, -0.2) is 28.9 Å². The number of carbonyl (C=O) groups is 2. The van der Waals surface area contributed by atoms with Crippen LogP contribution in [0.15, 0.2) is 48.5 Å². The lowest BCUT2D eigenvalue weighted by atomic mass is 10.1. The van der Waals surface area contributed by atoms with Crippen molar-refractivity contribution in [3.63, 3.8) is 0 Å². The van der Waals surface area contributed by atoms with Gasteiger partial charge in [0.05, 0.1) is 5.25 Å². The first-order valence-corrected chi connectivity index (χ1v) is 9.17. The minimum Gasteiger partial charge on any atom is -0.343 e. The van der Waals surface area contributed by atoms with Crippen LogP contribution in [0.5, 0.6) is 0 Å². The summed E-state index contributed by atoms with van der Waals surface area (Å²) in [5, 5.41) is 5.56. The fourth-order valence-electron chi connectivity index (χ4n) is 2.55. The Bertz CT molecular complexity index is 802. The highest BCUT2D eigenvalue weighted by molar-refractivity contribution is 8.00. The number of thioether (sulfide) groups is 1. The molecule has 2 aromatic carbocycles. The van der Waals surface area contributed by atoms with Gasteiger partial charge in [-0.2, -0.15) is 0 Å². The van der Waals surface area contributed by atoms with Crippen molar-refractivity contribution in [3.8, 4) is 0 Å². The van der Waals surface area contributed by atoms with Crippen molar-refractivity contribution in [1.29, 1.82) is 0 Å². The maximum absolute atomic E-state index is 13.7. The first-order valence-electron chi connectivity index (χ1n) is 7.75. The Morgan fingerprint density at radius 3 is 2.80 bits per heavy atom. The Morgan fingerprint density at radius 1 is 1.28 bits per heavy atom. The van der Waals surface area contributed by atoms with Crippen LogP contribution in [-0.2, 0) is 16.0 Å². The molecule has 130 valence electrons. The zero-order valence-corrected chi connectivity index (χ0v) is 14.7. The summed E-state index contributed by atoms with van der Waals surface area (Å²) in [5.74, 6) is -0.452. The fraction of sp³-hybridized carbons (Fsp3) is 0.222. The molecule has 1 aliphatic heterocycles. The molecule has 1 fully saturated rings. The maximum atomic E-state index is 13.7. The molecule has 1 aliphatic rings. The molecule has 0 radical (unpaired) electrons. The van der Waals surface area contributed by atoms with Gasteiger partial charge in [-0.15, -0.1) is 11.8 Å². The molecule has 2 atom stereocenters. The number of nitrogens with one attached hydrogen (secondary N) is 2. The molecule has 0 unspecified atom stereocenters. The molecule has 0 spiro atoms. The molecule has 2 amide bonds. The van der Waals surface area contributed by atoms with Crippen molar-refractivity contribution in [2.75, 3.05) is 11.1 Å². The van der Waals surface area contributed by atoms with Crippen molar-refractivity contribution in [1.82, 2.24) is 5.32 Å². The van der Waals surface area contributed by atoms with E-state index in [2.05, 4.69) is 10.6 Å². The normalized spacial score (nSPS) is 20.0. The van der Waals surface area contributed by atoms with Crippen molar-refractivity contribution in [3.05, 3.63) is 64.9 Å². The van der Waals surface area contributed by atoms with Crippen molar-refractivity contribution in [2.45, 2.75) is 17.7 Å². The van der Waals surface area contributed by atoms with Crippen LogP contribution in [0.4, 0.5) is 10.1 Å². The third kappa shape index (κ3) is 4.52. The van der Waals surface area contributed by atoms with Gasteiger partial charge in [-0.1, -0.05) is 35.9 Å². The number of benzene rings is 2. The number of rotatable bonds is 4. The quantitative estimate of drug-likeness (QED) is 0.858. The van der Waals surface area contributed by atoms with Crippen LogP contribution < -0.4 is 10.6 Å². The summed E-state index contributed by atoms with van der Waals surface area (Å²) in [7, 11) is 0. The predicted molar refractivity (Wildman–Crippen MR) is 98.4 cm³/mol. The van der Waals surface area contributed by atoms with Crippen LogP contribution in [0.25, 0.3) is 0 Å². The van der Waals surface area contributed by atoms with Gasteiger partial charge < -0.3 is 10.6 Å². The molecule has 1 heterocycles. The average Bonchev–Trinajstić information content (AvgIpc) is 2.58. The SMILES string of the molecule is O=C(Nc1cccc(Cl)c1)[C@@H]1CS[C@H](Cc2ccccc2F)C(=O)N1. The molecular formula is C18H16ClFN2O2S. The number of amides is 2.